The first-order chi connectivity index (χ1) is 9.75. The van der Waals surface area contributed by atoms with Crippen molar-refractivity contribution in [3.63, 3.8) is 0 Å². The minimum atomic E-state index is -0.489. The molecular weight excluding hydrogens is 258 g/mol. The molecule has 0 aliphatic carbocycles. The first kappa shape index (κ1) is 12.8. The van der Waals surface area contributed by atoms with E-state index < -0.39 is 10.9 Å². The molecule has 1 unspecified atom stereocenters. The fraction of sp³-hybridized carbons (Fsp3) is 0.357. The van der Waals surface area contributed by atoms with Gasteiger partial charge in [0.1, 0.15) is 11.4 Å². The lowest BCUT2D eigenvalue weighted by molar-refractivity contribution is 0.120. The van der Waals surface area contributed by atoms with Gasteiger partial charge < -0.3 is 15.4 Å². The van der Waals surface area contributed by atoms with Crippen molar-refractivity contribution in [2.24, 2.45) is 0 Å². The predicted octanol–water partition coefficient (Wildman–Crippen LogP) is 1.01. The fourth-order valence-corrected chi connectivity index (χ4v) is 2.28. The first-order valence-electron chi connectivity index (χ1n) is 6.61. The molecule has 1 atom stereocenters. The molecule has 0 spiro atoms. The Morgan fingerprint density at radius 3 is 2.65 bits per heavy atom. The van der Waals surface area contributed by atoms with Crippen LogP contribution in [0.2, 0.25) is 0 Å². The molecule has 20 heavy (non-hydrogen) atoms. The normalized spacial score (nSPS) is 18.3. The smallest absolute Gasteiger partial charge is 0.253 e. The van der Waals surface area contributed by atoms with Gasteiger partial charge in [0.15, 0.2) is 0 Å². The molecule has 1 aliphatic heterocycles. The van der Waals surface area contributed by atoms with Gasteiger partial charge in [-0.05, 0) is 25.0 Å². The van der Waals surface area contributed by atoms with E-state index in [1.807, 2.05) is 0 Å². The summed E-state index contributed by atoms with van der Waals surface area (Å²) in [7, 11) is 0. The van der Waals surface area contributed by atoms with Gasteiger partial charge in [-0.1, -0.05) is 0 Å². The van der Waals surface area contributed by atoms with Crippen molar-refractivity contribution in [1.82, 2.24) is 4.98 Å². The number of ether oxygens (including phenoxy) is 1. The second-order valence-corrected chi connectivity index (χ2v) is 4.79. The number of anilines is 3. The first-order valence-corrected chi connectivity index (χ1v) is 6.61. The standard InChI is InChI=1S/C14H15N3O3/c18-13-11(16-8-10-2-1-7-20-10)12(14(13)19)17-9-3-5-15-6-4-9/h3-6,10,16H,1-2,7-8H2,(H,15,17). The molecule has 6 heteroatoms. The largest absolute Gasteiger partial charge is 0.377 e. The second kappa shape index (κ2) is 5.42. The van der Waals surface area contributed by atoms with E-state index in [9.17, 15) is 9.59 Å². The molecule has 2 heterocycles. The van der Waals surface area contributed by atoms with Crippen LogP contribution in [-0.4, -0.2) is 24.2 Å². The van der Waals surface area contributed by atoms with Crippen molar-refractivity contribution in [3.8, 4) is 0 Å². The zero-order valence-corrected chi connectivity index (χ0v) is 10.9. The summed E-state index contributed by atoms with van der Waals surface area (Å²) in [6.07, 6.45) is 5.38. The maximum Gasteiger partial charge on any atom is 0.253 e. The average Bonchev–Trinajstić information content (AvgIpc) is 3.00. The lowest BCUT2D eigenvalue weighted by Crippen LogP contribution is -2.38. The summed E-state index contributed by atoms with van der Waals surface area (Å²) < 4.78 is 5.48. The Morgan fingerprint density at radius 1 is 1.20 bits per heavy atom. The summed E-state index contributed by atoms with van der Waals surface area (Å²) in [6.45, 7) is 1.32. The van der Waals surface area contributed by atoms with Gasteiger partial charge in [-0.25, -0.2) is 0 Å². The molecule has 1 fully saturated rings. The van der Waals surface area contributed by atoms with Crippen molar-refractivity contribution in [1.29, 1.82) is 0 Å². The second-order valence-electron chi connectivity index (χ2n) is 4.79. The Labute approximate surface area is 115 Å². The quantitative estimate of drug-likeness (QED) is 0.791. The maximum atomic E-state index is 11.6. The highest BCUT2D eigenvalue weighted by Crippen LogP contribution is 2.21. The topological polar surface area (TPSA) is 80.3 Å². The Bertz CT molecular complexity index is 656. The summed E-state index contributed by atoms with van der Waals surface area (Å²) in [4.78, 5) is 27.1. The van der Waals surface area contributed by atoms with E-state index in [1.54, 1.807) is 24.5 Å². The van der Waals surface area contributed by atoms with Crippen molar-refractivity contribution in [3.05, 3.63) is 45.0 Å². The highest BCUT2D eigenvalue weighted by atomic mass is 16.5. The third kappa shape index (κ3) is 2.42. The van der Waals surface area contributed by atoms with Crippen LogP contribution >= 0.6 is 0 Å². The number of hydrogen-bond acceptors (Lipinski definition) is 6. The maximum absolute atomic E-state index is 11.6. The van der Waals surface area contributed by atoms with Crippen LogP contribution in [0.3, 0.4) is 0 Å². The van der Waals surface area contributed by atoms with Crippen LogP contribution in [0.25, 0.3) is 0 Å². The SMILES string of the molecule is O=c1c(NCC2CCCO2)c(Nc2ccncc2)c1=O. The molecule has 1 aromatic carbocycles. The van der Waals surface area contributed by atoms with Crippen LogP contribution in [0.4, 0.5) is 17.1 Å². The van der Waals surface area contributed by atoms with Gasteiger partial charge in [-0.3, -0.25) is 14.6 Å². The van der Waals surface area contributed by atoms with Crippen LogP contribution in [0.1, 0.15) is 12.8 Å². The van der Waals surface area contributed by atoms with E-state index in [0.29, 0.717) is 17.9 Å². The number of aromatic nitrogens is 1. The average molecular weight is 273 g/mol. The highest BCUT2D eigenvalue weighted by molar-refractivity contribution is 5.78. The van der Waals surface area contributed by atoms with Gasteiger partial charge in [0.25, 0.3) is 10.9 Å². The highest BCUT2D eigenvalue weighted by Gasteiger charge is 2.23. The van der Waals surface area contributed by atoms with Crippen LogP contribution in [-0.2, 0) is 4.74 Å². The lowest BCUT2D eigenvalue weighted by atomic mass is 10.1. The molecule has 0 amide bonds. The molecule has 1 aliphatic rings. The van der Waals surface area contributed by atoms with Gasteiger partial charge in [0, 0.05) is 31.2 Å². The number of nitrogens with one attached hydrogen (secondary N) is 2. The van der Waals surface area contributed by atoms with Crippen molar-refractivity contribution < 1.29 is 4.74 Å². The minimum Gasteiger partial charge on any atom is -0.377 e. The lowest BCUT2D eigenvalue weighted by Gasteiger charge is -2.16. The van der Waals surface area contributed by atoms with E-state index in [-0.39, 0.29) is 6.10 Å². The Balaban J connectivity index is 1.70. The summed E-state index contributed by atoms with van der Waals surface area (Å²) in [6, 6.07) is 3.47. The Kier molecular flexibility index (Phi) is 3.47. The van der Waals surface area contributed by atoms with E-state index in [0.717, 1.165) is 25.1 Å². The Morgan fingerprint density at radius 2 is 1.95 bits per heavy atom. The molecule has 3 rings (SSSR count). The molecule has 1 aromatic heterocycles. The molecular formula is C14H15N3O3. The van der Waals surface area contributed by atoms with Crippen molar-refractivity contribution >= 4 is 17.1 Å². The van der Waals surface area contributed by atoms with Gasteiger partial charge in [-0.15, -0.1) is 0 Å². The van der Waals surface area contributed by atoms with Gasteiger partial charge in [0.2, 0.25) is 0 Å². The van der Waals surface area contributed by atoms with Crippen LogP contribution in [0.15, 0.2) is 34.1 Å². The number of hydrogen-bond donors (Lipinski definition) is 2. The molecule has 0 bridgehead atoms. The van der Waals surface area contributed by atoms with E-state index in [1.165, 1.54) is 0 Å². The zero-order chi connectivity index (χ0) is 13.9. The summed E-state index contributed by atoms with van der Waals surface area (Å²) >= 11 is 0. The van der Waals surface area contributed by atoms with Crippen LogP contribution in [0.5, 0.6) is 0 Å². The van der Waals surface area contributed by atoms with E-state index in [2.05, 4.69) is 15.6 Å². The molecule has 1 saturated heterocycles. The van der Waals surface area contributed by atoms with Gasteiger partial charge in [0.05, 0.1) is 6.10 Å². The fourth-order valence-electron chi connectivity index (χ4n) is 2.28. The van der Waals surface area contributed by atoms with Gasteiger partial charge >= 0.3 is 0 Å². The van der Waals surface area contributed by atoms with E-state index >= 15 is 0 Å². The summed E-state index contributed by atoms with van der Waals surface area (Å²) in [5.74, 6) is 0. The minimum absolute atomic E-state index is 0.119. The van der Waals surface area contributed by atoms with Crippen LogP contribution in [0, 0.1) is 0 Å². The Hall–Kier alpha value is -2.21. The number of rotatable bonds is 5. The molecule has 2 N–H and O–H groups in total. The predicted molar refractivity (Wildman–Crippen MR) is 76.3 cm³/mol. The molecule has 2 aromatic rings. The molecule has 104 valence electrons. The molecule has 0 saturated carbocycles. The third-order valence-electron chi connectivity index (χ3n) is 3.39. The summed E-state index contributed by atoms with van der Waals surface area (Å²) in [5.41, 5.74) is 0.435. The number of pyridine rings is 1. The zero-order valence-electron chi connectivity index (χ0n) is 10.9. The monoisotopic (exact) mass is 273 g/mol. The van der Waals surface area contributed by atoms with Crippen molar-refractivity contribution in [2.75, 3.05) is 23.8 Å². The van der Waals surface area contributed by atoms with Crippen molar-refractivity contribution in [2.45, 2.75) is 18.9 Å². The van der Waals surface area contributed by atoms with Gasteiger partial charge in [-0.2, -0.15) is 0 Å². The summed E-state index contributed by atoms with van der Waals surface area (Å²) in [5, 5.41) is 5.97. The third-order valence-corrected chi connectivity index (χ3v) is 3.39. The molecule has 0 radical (unpaired) electrons. The van der Waals surface area contributed by atoms with Crippen LogP contribution < -0.4 is 21.5 Å². The van der Waals surface area contributed by atoms with E-state index in [4.69, 9.17) is 4.74 Å². The molecule has 6 nitrogen and oxygen atoms in total. The number of nitrogens with zero attached hydrogens (tertiary/aromatic N) is 1.